The number of nitrogens with one attached hydrogen (secondary N) is 1. The van der Waals surface area contributed by atoms with E-state index in [-0.39, 0.29) is 5.54 Å². The van der Waals surface area contributed by atoms with Gasteiger partial charge < -0.3 is 9.73 Å². The van der Waals surface area contributed by atoms with E-state index in [1.165, 1.54) is 0 Å². The zero-order valence-electron chi connectivity index (χ0n) is 13.1. The number of nitrogens with zero attached hydrogens (tertiary/aromatic N) is 1. The molecule has 2 aromatic carbocycles. The van der Waals surface area contributed by atoms with Gasteiger partial charge in [0.1, 0.15) is 5.69 Å². The average Bonchev–Trinajstić information content (AvgIpc) is 2.91. The summed E-state index contributed by atoms with van der Waals surface area (Å²) in [6, 6.07) is 20.1. The van der Waals surface area contributed by atoms with Gasteiger partial charge in [-0.05, 0) is 32.9 Å². The highest BCUT2D eigenvalue weighted by atomic mass is 16.4. The highest BCUT2D eigenvalue weighted by Crippen LogP contribution is 2.34. The number of hydrogen-bond donors (Lipinski definition) is 1. The molecule has 3 aromatic rings. The molecule has 0 bridgehead atoms. The lowest BCUT2D eigenvalue weighted by molar-refractivity contribution is 0.545. The molecule has 0 atom stereocenters. The Labute approximate surface area is 131 Å². The Morgan fingerprint density at radius 1 is 0.818 bits per heavy atom. The van der Waals surface area contributed by atoms with Crippen molar-refractivity contribution >= 4 is 5.88 Å². The van der Waals surface area contributed by atoms with Crippen LogP contribution in [0.2, 0.25) is 0 Å². The molecule has 0 amide bonds. The second kappa shape index (κ2) is 5.68. The Balaban J connectivity index is 2.09. The van der Waals surface area contributed by atoms with Crippen LogP contribution in [-0.4, -0.2) is 10.5 Å². The minimum Gasteiger partial charge on any atom is -0.420 e. The van der Waals surface area contributed by atoms with E-state index in [2.05, 4.69) is 26.1 Å². The molecule has 0 unspecified atom stereocenters. The molecule has 1 aromatic heterocycles. The van der Waals surface area contributed by atoms with Gasteiger partial charge in [-0.3, -0.25) is 0 Å². The van der Waals surface area contributed by atoms with Crippen LogP contribution in [0.3, 0.4) is 0 Å². The molecule has 0 fully saturated rings. The van der Waals surface area contributed by atoms with Gasteiger partial charge in [-0.25, -0.2) is 4.98 Å². The van der Waals surface area contributed by atoms with E-state index < -0.39 is 0 Å². The summed E-state index contributed by atoms with van der Waals surface area (Å²) in [5, 5.41) is 3.41. The maximum Gasteiger partial charge on any atom is 0.229 e. The predicted octanol–water partition coefficient (Wildman–Crippen LogP) is 5.22. The largest absolute Gasteiger partial charge is 0.420 e. The third-order valence-electron chi connectivity index (χ3n) is 3.18. The Morgan fingerprint density at radius 2 is 1.36 bits per heavy atom. The summed E-state index contributed by atoms with van der Waals surface area (Å²) in [4.78, 5) is 4.71. The van der Waals surface area contributed by atoms with Crippen molar-refractivity contribution in [1.82, 2.24) is 4.98 Å². The molecule has 1 N–H and O–H groups in total. The maximum atomic E-state index is 6.01. The molecule has 3 nitrogen and oxygen atoms in total. The minimum atomic E-state index is -0.100. The van der Waals surface area contributed by atoms with Crippen LogP contribution in [0.4, 0.5) is 5.88 Å². The third-order valence-corrected chi connectivity index (χ3v) is 3.18. The molecule has 0 saturated carbocycles. The van der Waals surface area contributed by atoms with E-state index in [9.17, 15) is 0 Å². The van der Waals surface area contributed by atoms with Gasteiger partial charge in [0.15, 0.2) is 0 Å². The molecule has 0 aliphatic heterocycles. The van der Waals surface area contributed by atoms with Gasteiger partial charge in [-0.1, -0.05) is 48.5 Å². The highest BCUT2D eigenvalue weighted by Gasteiger charge is 2.20. The van der Waals surface area contributed by atoms with Crippen LogP contribution in [-0.2, 0) is 0 Å². The second-order valence-electron chi connectivity index (χ2n) is 6.30. The van der Waals surface area contributed by atoms with E-state index in [0.29, 0.717) is 11.8 Å². The van der Waals surface area contributed by atoms with Crippen molar-refractivity contribution in [2.45, 2.75) is 26.3 Å². The Morgan fingerprint density at radius 3 is 1.91 bits per heavy atom. The fraction of sp³-hybridized carbons (Fsp3) is 0.211. The van der Waals surface area contributed by atoms with E-state index in [4.69, 9.17) is 9.40 Å². The number of benzene rings is 2. The number of aromatic nitrogens is 1. The summed E-state index contributed by atoms with van der Waals surface area (Å²) in [6.07, 6.45) is 0. The van der Waals surface area contributed by atoms with Gasteiger partial charge in [-0.15, -0.1) is 0 Å². The number of anilines is 1. The topological polar surface area (TPSA) is 38.1 Å². The van der Waals surface area contributed by atoms with E-state index >= 15 is 0 Å². The van der Waals surface area contributed by atoms with E-state index in [1.807, 2.05) is 60.7 Å². The Bertz CT molecular complexity index is 740. The molecule has 3 rings (SSSR count). The minimum absolute atomic E-state index is 0.100. The average molecular weight is 292 g/mol. The highest BCUT2D eigenvalue weighted by molar-refractivity contribution is 5.74. The summed E-state index contributed by atoms with van der Waals surface area (Å²) in [6.45, 7) is 6.31. The third kappa shape index (κ3) is 3.19. The van der Waals surface area contributed by atoms with Gasteiger partial charge >= 0.3 is 0 Å². The molecule has 0 aliphatic carbocycles. The second-order valence-corrected chi connectivity index (χ2v) is 6.30. The van der Waals surface area contributed by atoms with Gasteiger partial charge in [0.2, 0.25) is 11.8 Å². The first-order valence-corrected chi connectivity index (χ1v) is 7.43. The number of hydrogen-bond acceptors (Lipinski definition) is 3. The SMILES string of the molecule is CC(C)(C)Nc1oc(-c2ccccc2)nc1-c1ccccc1. The van der Waals surface area contributed by atoms with Crippen molar-refractivity contribution in [1.29, 1.82) is 0 Å². The normalized spacial score (nSPS) is 11.4. The van der Waals surface area contributed by atoms with Crippen molar-refractivity contribution in [3.05, 3.63) is 60.7 Å². The summed E-state index contributed by atoms with van der Waals surface area (Å²) in [7, 11) is 0. The fourth-order valence-corrected chi connectivity index (χ4v) is 2.24. The molecule has 0 radical (unpaired) electrons. The first kappa shape index (κ1) is 14.4. The maximum absolute atomic E-state index is 6.01. The summed E-state index contributed by atoms with van der Waals surface area (Å²) in [5.74, 6) is 1.34. The quantitative estimate of drug-likeness (QED) is 0.719. The van der Waals surface area contributed by atoms with Crippen LogP contribution in [0.15, 0.2) is 65.1 Å². The molecule has 0 saturated heterocycles. The smallest absolute Gasteiger partial charge is 0.229 e. The lowest BCUT2D eigenvalue weighted by atomic mass is 10.1. The van der Waals surface area contributed by atoms with Crippen LogP contribution in [0.1, 0.15) is 20.8 Å². The Kier molecular flexibility index (Phi) is 3.72. The van der Waals surface area contributed by atoms with Crippen molar-refractivity contribution in [2.24, 2.45) is 0 Å². The summed E-state index contributed by atoms with van der Waals surface area (Å²) >= 11 is 0. The molecule has 0 spiro atoms. The van der Waals surface area contributed by atoms with Crippen molar-refractivity contribution in [3.63, 3.8) is 0 Å². The molecule has 112 valence electrons. The van der Waals surface area contributed by atoms with Crippen molar-refractivity contribution < 1.29 is 4.42 Å². The molecular weight excluding hydrogens is 272 g/mol. The van der Waals surface area contributed by atoms with Gasteiger partial charge in [0.25, 0.3) is 0 Å². The van der Waals surface area contributed by atoms with Gasteiger partial charge in [-0.2, -0.15) is 0 Å². The van der Waals surface area contributed by atoms with E-state index in [1.54, 1.807) is 0 Å². The van der Waals surface area contributed by atoms with Crippen molar-refractivity contribution in [3.8, 4) is 22.7 Å². The predicted molar refractivity (Wildman–Crippen MR) is 90.8 cm³/mol. The van der Waals surface area contributed by atoms with Crippen LogP contribution in [0.25, 0.3) is 22.7 Å². The van der Waals surface area contributed by atoms with Crippen LogP contribution >= 0.6 is 0 Å². The van der Waals surface area contributed by atoms with Crippen LogP contribution in [0.5, 0.6) is 0 Å². The lowest BCUT2D eigenvalue weighted by Crippen LogP contribution is -2.26. The molecule has 3 heteroatoms. The van der Waals surface area contributed by atoms with Gasteiger partial charge in [0.05, 0.1) is 0 Å². The first-order chi connectivity index (χ1) is 10.5. The van der Waals surface area contributed by atoms with Crippen LogP contribution in [0, 0.1) is 0 Å². The standard InChI is InChI=1S/C19H20N2O/c1-19(2,3)21-18-16(14-10-6-4-7-11-14)20-17(22-18)15-12-8-5-9-13-15/h4-13,21H,1-3H3. The zero-order chi connectivity index (χ0) is 15.6. The number of oxazole rings is 1. The van der Waals surface area contributed by atoms with Crippen LogP contribution < -0.4 is 5.32 Å². The molecule has 0 aliphatic rings. The monoisotopic (exact) mass is 292 g/mol. The lowest BCUT2D eigenvalue weighted by Gasteiger charge is -2.20. The Hall–Kier alpha value is -2.55. The first-order valence-electron chi connectivity index (χ1n) is 7.43. The van der Waals surface area contributed by atoms with Gasteiger partial charge in [0, 0.05) is 16.7 Å². The fourth-order valence-electron chi connectivity index (χ4n) is 2.24. The summed E-state index contributed by atoms with van der Waals surface area (Å²) < 4.78 is 6.01. The zero-order valence-corrected chi connectivity index (χ0v) is 13.1. The molecule has 22 heavy (non-hydrogen) atoms. The number of rotatable bonds is 3. The summed E-state index contributed by atoms with van der Waals surface area (Å²) in [5.41, 5.74) is 2.76. The van der Waals surface area contributed by atoms with E-state index in [0.717, 1.165) is 16.8 Å². The van der Waals surface area contributed by atoms with Crippen molar-refractivity contribution in [2.75, 3.05) is 5.32 Å². The molecule has 1 heterocycles. The molecular formula is C19H20N2O.